The van der Waals surface area contributed by atoms with Gasteiger partial charge in [-0.25, -0.2) is 0 Å². The molecule has 25 heavy (non-hydrogen) atoms. The second kappa shape index (κ2) is 7.87. The van der Waals surface area contributed by atoms with E-state index in [0.29, 0.717) is 24.8 Å². The van der Waals surface area contributed by atoms with Gasteiger partial charge in [-0.1, -0.05) is 6.07 Å². The summed E-state index contributed by atoms with van der Waals surface area (Å²) in [6.07, 6.45) is 2.73. The number of hydrogen-bond acceptors (Lipinski definition) is 3. The second-order valence-corrected chi connectivity index (χ2v) is 6.96. The highest BCUT2D eigenvalue weighted by atomic mass is 16.5. The highest BCUT2D eigenvalue weighted by Crippen LogP contribution is 2.32. The number of nitrogens with one attached hydrogen (secondary N) is 2. The van der Waals surface area contributed by atoms with E-state index in [1.807, 2.05) is 25.1 Å². The van der Waals surface area contributed by atoms with E-state index < -0.39 is 0 Å². The zero-order valence-corrected chi connectivity index (χ0v) is 15.1. The van der Waals surface area contributed by atoms with Gasteiger partial charge in [0, 0.05) is 25.8 Å². The van der Waals surface area contributed by atoms with Crippen molar-refractivity contribution in [3.05, 3.63) is 23.8 Å². The molecular weight excluding hydrogens is 318 g/mol. The average molecular weight is 346 g/mol. The van der Waals surface area contributed by atoms with E-state index in [1.165, 1.54) is 19.4 Å². The fourth-order valence-corrected chi connectivity index (χ4v) is 3.79. The molecule has 2 aliphatic heterocycles. The summed E-state index contributed by atoms with van der Waals surface area (Å²) in [4.78, 5) is 27.7. The molecular formula is C19H28N3O3+. The molecule has 1 fully saturated rings. The molecule has 3 rings (SSSR count). The molecule has 1 aromatic rings. The molecule has 0 radical (unpaired) electrons. The number of benzene rings is 1. The van der Waals surface area contributed by atoms with E-state index in [9.17, 15) is 9.59 Å². The number of rotatable bonds is 6. The third-order valence-electron chi connectivity index (χ3n) is 5.25. The molecule has 0 bridgehead atoms. The van der Waals surface area contributed by atoms with Gasteiger partial charge in [-0.2, -0.15) is 0 Å². The summed E-state index contributed by atoms with van der Waals surface area (Å²) in [7, 11) is 0. The molecule has 2 amide bonds. The van der Waals surface area contributed by atoms with Crippen LogP contribution in [0.25, 0.3) is 0 Å². The van der Waals surface area contributed by atoms with E-state index in [1.54, 1.807) is 9.80 Å². The Balaban J connectivity index is 1.53. The van der Waals surface area contributed by atoms with Gasteiger partial charge in [0.2, 0.25) is 5.91 Å². The first kappa shape index (κ1) is 17.7. The molecule has 2 unspecified atom stereocenters. The molecule has 6 nitrogen and oxygen atoms in total. The van der Waals surface area contributed by atoms with Gasteiger partial charge >= 0.3 is 0 Å². The number of amides is 2. The van der Waals surface area contributed by atoms with E-state index in [2.05, 4.69) is 12.2 Å². The van der Waals surface area contributed by atoms with E-state index in [0.717, 1.165) is 24.3 Å². The van der Waals surface area contributed by atoms with Crippen LogP contribution in [0.1, 0.15) is 31.7 Å². The summed E-state index contributed by atoms with van der Waals surface area (Å²) >= 11 is 0. The number of likely N-dealkylation sites (tertiary alicyclic amines) is 1. The first-order valence-corrected chi connectivity index (χ1v) is 9.23. The predicted octanol–water partition coefficient (Wildman–Crippen LogP) is 0.294. The Morgan fingerprint density at radius 3 is 3.08 bits per heavy atom. The molecule has 0 aliphatic carbocycles. The molecule has 2 heterocycles. The maximum Gasteiger partial charge on any atom is 0.265 e. The quantitative estimate of drug-likeness (QED) is 0.778. The van der Waals surface area contributed by atoms with Crippen LogP contribution in [0, 0.1) is 6.92 Å². The minimum absolute atomic E-state index is 0.0100. The van der Waals surface area contributed by atoms with Crippen LogP contribution in [0.4, 0.5) is 5.69 Å². The fraction of sp³-hybridized carbons (Fsp3) is 0.579. The van der Waals surface area contributed by atoms with Crippen molar-refractivity contribution in [3.8, 4) is 5.75 Å². The topological polar surface area (TPSA) is 63.1 Å². The van der Waals surface area contributed by atoms with Crippen molar-refractivity contribution in [3.63, 3.8) is 0 Å². The van der Waals surface area contributed by atoms with Crippen LogP contribution in [0.15, 0.2) is 18.2 Å². The van der Waals surface area contributed by atoms with Gasteiger partial charge < -0.3 is 19.9 Å². The normalized spacial score (nSPS) is 22.5. The van der Waals surface area contributed by atoms with Crippen molar-refractivity contribution >= 4 is 17.5 Å². The van der Waals surface area contributed by atoms with Crippen molar-refractivity contribution in [1.29, 1.82) is 0 Å². The van der Waals surface area contributed by atoms with Gasteiger partial charge in [0.15, 0.2) is 6.61 Å². The number of hydrogen-bond donors (Lipinski definition) is 2. The summed E-state index contributed by atoms with van der Waals surface area (Å²) < 4.78 is 5.47. The smallest absolute Gasteiger partial charge is 0.265 e. The Morgan fingerprint density at radius 2 is 2.28 bits per heavy atom. The van der Waals surface area contributed by atoms with Crippen LogP contribution >= 0.6 is 0 Å². The minimum Gasteiger partial charge on any atom is -0.482 e. The lowest BCUT2D eigenvalue weighted by molar-refractivity contribution is -0.909. The number of fused-ring (bicyclic) bond motifs is 1. The van der Waals surface area contributed by atoms with Gasteiger partial charge in [-0.15, -0.1) is 0 Å². The minimum atomic E-state index is -0.0942. The number of quaternary nitrogens is 1. The number of aryl methyl sites for hydroxylation is 1. The number of nitrogens with zero attached hydrogens (tertiary/aromatic N) is 1. The molecule has 1 aromatic carbocycles. The summed E-state index contributed by atoms with van der Waals surface area (Å²) in [6.45, 7) is 7.64. The maximum absolute atomic E-state index is 12.2. The molecule has 2 aliphatic rings. The number of likely N-dealkylation sites (N-methyl/N-ethyl adjacent to an activating group) is 1. The van der Waals surface area contributed by atoms with Crippen molar-refractivity contribution in [2.75, 3.05) is 37.7 Å². The standard InChI is InChI=1S/C19H27N3O3/c1-3-21-9-4-5-15(21)12-20-18(23)8-10-22-16-11-14(2)6-7-17(16)25-13-19(22)24/h6-7,11,15H,3-5,8-10,12-13H2,1-2H3,(H,20,23)/p+1. The Labute approximate surface area is 149 Å². The highest BCUT2D eigenvalue weighted by Gasteiger charge is 2.28. The zero-order chi connectivity index (χ0) is 17.8. The highest BCUT2D eigenvalue weighted by molar-refractivity contribution is 5.98. The van der Waals surface area contributed by atoms with Crippen molar-refractivity contribution in [2.45, 2.75) is 39.2 Å². The molecule has 0 aromatic heterocycles. The van der Waals surface area contributed by atoms with Crippen LogP contribution in [0.5, 0.6) is 5.75 Å². The Hall–Kier alpha value is -2.08. The van der Waals surface area contributed by atoms with Crippen LogP contribution in [0.3, 0.4) is 0 Å². The summed E-state index contributed by atoms with van der Waals surface area (Å²) in [6, 6.07) is 6.31. The van der Waals surface area contributed by atoms with Gasteiger partial charge in [-0.3, -0.25) is 9.59 Å². The monoisotopic (exact) mass is 346 g/mol. The SMILES string of the molecule is CC[NH+]1CCCC1CNC(=O)CCN1C(=O)COc2ccc(C)cc21. The van der Waals surface area contributed by atoms with Crippen molar-refractivity contribution in [1.82, 2.24) is 5.32 Å². The maximum atomic E-state index is 12.2. The van der Waals surface area contributed by atoms with Gasteiger partial charge in [0.25, 0.3) is 5.91 Å². The lowest BCUT2D eigenvalue weighted by Gasteiger charge is -2.29. The van der Waals surface area contributed by atoms with Gasteiger partial charge in [-0.05, 0) is 31.5 Å². The Bertz CT molecular complexity index is 647. The third kappa shape index (κ3) is 4.12. The third-order valence-corrected chi connectivity index (χ3v) is 5.25. The largest absolute Gasteiger partial charge is 0.482 e. The molecule has 0 saturated carbocycles. The molecule has 136 valence electrons. The molecule has 0 spiro atoms. The number of anilines is 1. The van der Waals surface area contributed by atoms with Crippen LogP contribution < -0.4 is 19.9 Å². The first-order chi connectivity index (χ1) is 12.1. The predicted molar refractivity (Wildman–Crippen MR) is 96.0 cm³/mol. The van der Waals surface area contributed by atoms with Gasteiger partial charge in [0.05, 0.1) is 25.3 Å². The van der Waals surface area contributed by atoms with Crippen LogP contribution in [0.2, 0.25) is 0 Å². The summed E-state index contributed by atoms with van der Waals surface area (Å²) in [5.41, 5.74) is 1.83. The fourth-order valence-electron chi connectivity index (χ4n) is 3.79. The van der Waals surface area contributed by atoms with Crippen molar-refractivity contribution in [2.24, 2.45) is 0 Å². The van der Waals surface area contributed by atoms with E-state index >= 15 is 0 Å². The van der Waals surface area contributed by atoms with Crippen molar-refractivity contribution < 1.29 is 19.2 Å². The lowest BCUT2D eigenvalue weighted by atomic mass is 10.1. The summed E-state index contributed by atoms with van der Waals surface area (Å²) in [5, 5.41) is 3.05. The summed E-state index contributed by atoms with van der Waals surface area (Å²) in [5.74, 6) is 0.623. The lowest BCUT2D eigenvalue weighted by Crippen LogP contribution is -3.14. The zero-order valence-electron chi connectivity index (χ0n) is 15.1. The van der Waals surface area contributed by atoms with E-state index in [-0.39, 0.29) is 18.4 Å². The Morgan fingerprint density at radius 1 is 1.44 bits per heavy atom. The number of ether oxygens (including phenoxy) is 1. The first-order valence-electron chi connectivity index (χ1n) is 9.23. The number of carbonyl (C=O) groups is 2. The molecule has 1 saturated heterocycles. The average Bonchev–Trinajstić information content (AvgIpc) is 3.06. The van der Waals surface area contributed by atoms with E-state index in [4.69, 9.17) is 4.74 Å². The molecule has 2 N–H and O–H groups in total. The van der Waals surface area contributed by atoms with Gasteiger partial charge in [0.1, 0.15) is 11.8 Å². The number of carbonyl (C=O) groups excluding carboxylic acids is 2. The molecule has 6 heteroatoms. The second-order valence-electron chi connectivity index (χ2n) is 6.96. The molecule has 2 atom stereocenters. The Kier molecular flexibility index (Phi) is 5.58. The van der Waals surface area contributed by atoms with Crippen LogP contribution in [-0.2, 0) is 9.59 Å². The van der Waals surface area contributed by atoms with Crippen LogP contribution in [-0.4, -0.2) is 50.6 Å².